The van der Waals surface area contributed by atoms with Crippen LogP contribution in [0.1, 0.15) is 27.3 Å². The summed E-state index contributed by atoms with van der Waals surface area (Å²) >= 11 is 0. The van der Waals surface area contributed by atoms with E-state index in [0.717, 1.165) is 25.1 Å². The minimum atomic E-state index is 0.392. The lowest BCUT2D eigenvalue weighted by Crippen LogP contribution is -1.98. The van der Waals surface area contributed by atoms with Crippen LogP contribution in [0.25, 0.3) is 0 Å². The molecule has 0 atom stereocenters. The first kappa shape index (κ1) is 5.96. The monoisotopic (exact) mass is 139 g/mol. The fourth-order valence-electron chi connectivity index (χ4n) is 1.01. The lowest BCUT2D eigenvalue weighted by molar-refractivity contribution is 0.650. The summed E-state index contributed by atoms with van der Waals surface area (Å²) < 4.78 is 9.41. The van der Waals surface area contributed by atoms with Gasteiger partial charge in [-0.25, -0.2) is 4.98 Å². The molecule has 56 valence electrons. The van der Waals surface area contributed by atoms with Gasteiger partial charge in [0.05, 0.1) is 6.30 Å². The molecule has 1 aromatic rings. The molecule has 0 radical (unpaired) electrons. The van der Waals surface area contributed by atoms with E-state index in [0.29, 0.717) is 6.30 Å². The van der Waals surface area contributed by atoms with Gasteiger partial charge in [0.2, 0.25) is 0 Å². The van der Waals surface area contributed by atoms with E-state index in [1.54, 1.807) is 6.20 Å². The van der Waals surface area contributed by atoms with Crippen LogP contribution in [0.2, 0.25) is 0 Å². The molecule has 1 rings (SSSR count). The second kappa shape index (κ2) is 3.40. The summed E-state index contributed by atoms with van der Waals surface area (Å²) in [6.45, 7) is 5.11. The predicted molar refractivity (Wildman–Crippen MR) is 41.9 cm³/mol. The SMILES string of the molecule is [2H]c1ncc(CC)n1CCC. The van der Waals surface area contributed by atoms with Gasteiger partial charge in [0, 0.05) is 18.4 Å². The number of hydrogen-bond acceptors (Lipinski definition) is 1. The summed E-state index contributed by atoms with van der Waals surface area (Å²) in [6, 6.07) is 0. The highest BCUT2D eigenvalue weighted by molar-refractivity contribution is 4.97. The summed E-state index contributed by atoms with van der Waals surface area (Å²) in [4.78, 5) is 3.94. The Kier molecular flexibility index (Phi) is 2.02. The Morgan fingerprint density at radius 2 is 2.50 bits per heavy atom. The molecule has 0 aliphatic heterocycles. The molecule has 0 amide bonds. The Morgan fingerprint density at radius 1 is 1.70 bits per heavy atom. The summed E-state index contributed by atoms with van der Waals surface area (Å²) in [5.74, 6) is 0. The number of rotatable bonds is 3. The van der Waals surface area contributed by atoms with Crippen LogP contribution in [-0.2, 0) is 13.0 Å². The van der Waals surface area contributed by atoms with Crippen LogP contribution in [0.5, 0.6) is 0 Å². The van der Waals surface area contributed by atoms with Crippen molar-refractivity contribution in [3.63, 3.8) is 0 Å². The van der Waals surface area contributed by atoms with E-state index < -0.39 is 0 Å². The summed E-state index contributed by atoms with van der Waals surface area (Å²) in [5.41, 5.74) is 1.16. The fraction of sp³-hybridized carbons (Fsp3) is 0.625. The van der Waals surface area contributed by atoms with Crippen LogP contribution < -0.4 is 0 Å². The van der Waals surface area contributed by atoms with E-state index in [1.165, 1.54) is 0 Å². The van der Waals surface area contributed by atoms with Crippen LogP contribution in [0.3, 0.4) is 0 Å². The van der Waals surface area contributed by atoms with Crippen molar-refractivity contribution in [3.05, 3.63) is 18.2 Å². The van der Waals surface area contributed by atoms with Gasteiger partial charge in [-0.3, -0.25) is 0 Å². The Hall–Kier alpha value is -0.790. The molecule has 2 heteroatoms. The third kappa shape index (κ3) is 1.38. The van der Waals surface area contributed by atoms with E-state index in [4.69, 9.17) is 1.37 Å². The van der Waals surface area contributed by atoms with Gasteiger partial charge in [-0.15, -0.1) is 0 Å². The van der Waals surface area contributed by atoms with Gasteiger partial charge in [-0.2, -0.15) is 0 Å². The van der Waals surface area contributed by atoms with Crippen LogP contribution in [0.4, 0.5) is 0 Å². The number of nitrogens with zero attached hydrogens (tertiary/aromatic N) is 2. The smallest absolute Gasteiger partial charge is 0.104 e. The molecule has 0 aliphatic carbocycles. The third-order valence-corrected chi connectivity index (χ3v) is 1.55. The van der Waals surface area contributed by atoms with E-state index in [9.17, 15) is 0 Å². The Bertz CT molecular complexity index is 230. The van der Waals surface area contributed by atoms with E-state index in [1.807, 2.05) is 4.57 Å². The molecular formula is C8H14N2. The van der Waals surface area contributed by atoms with Crippen molar-refractivity contribution in [1.29, 1.82) is 0 Å². The van der Waals surface area contributed by atoms with Crippen molar-refractivity contribution in [3.8, 4) is 0 Å². The summed E-state index contributed by atoms with van der Waals surface area (Å²) in [6.07, 6.45) is 4.21. The first-order valence-corrected chi connectivity index (χ1v) is 3.80. The maximum atomic E-state index is 7.45. The molecule has 0 bridgehead atoms. The molecule has 2 nitrogen and oxygen atoms in total. The van der Waals surface area contributed by atoms with Crippen molar-refractivity contribution in [2.24, 2.45) is 0 Å². The van der Waals surface area contributed by atoms with Gasteiger partial charge in [0.25, 0.3) is 0 Å². The van der Waals surface area contributed by atoms with Crippen molar-refractivity contribution >= 4 is 0 Å². The minimum Gasteiger partial charge on any atom is -0.335 e. The van der Waals surface area contributed by atoms with E-state index >= 15 is 0 Å². The zero-order valence-corrected chi connectivity index (χ0v) is 6.59. The molecule has 0 fully saturated rings. The Morgan fingerprint density at radius 3 is 3.10 bits per heavy atom. The first-order valence-electron chi connectivity index (χ1n) is 4.30. The Balaban J connectivity index is 2.88. The molecule has 0 saturated carbocycles. The Labute approximate surface area is 63.3 Å². The maximum absolute atomic E-state index is 7.45. The molecule has 0 saturated heterocycles. The lowest BCUT2D eigenvalue weighted by atomic mass is 10.3. The third-order valence-electron chi connectivity index (χ3n) is 1.55. The van der Waals surface area contributed by atoms with Gasteiger partial charge < -0.3 is 4.57 Å². The van der Waals surface area contributed by atoms with Crippen LogP contribution >= 0.6 is 0 Å². The van der Waals surface area contributed by atoms with Crippen LogP contribution in [0.15, 0.2) is 12.5 Å². The fourth-order valence-corrected chi connectivity index (χ4v) is 1.01. The average Bonchev–Trinajstić information content (AvgIpc) is 2.34. The van der Waals surface area contributed by atoms with E-state index in [-0.39, 0.29) is 0 Å². The first-order chi connectivity index (χ1) is 5.29. The molecule has 1 aromatic heterocycles. The minimum absolute atomic E-state index is 0.392. The molecule has 0 aromatic carbocycles. The second-order valence-electron chi connectivity index (χ2n) is 2.35. The van der Waals surface area contributed by atoms with Gasteiger partial charge in [-0.05, 0) is 12.8 Å². The molecular weight excluding hydrogens is 124 g/mol. The van der Waals surface area contributed by atoms with Gasteiger partial charge in [0.1, 0.15) is 1.37 Å². The molecule has 10 heavy (non-hydrogen) atoms. The normalized spacial score (nSPS) is 11.6. The molecule has 0 spiro atoms. The van der Waals surface area contributed by atoms with Gasteiger partial charge >= 0.3 is 0 Å². The van der Waals surface area contributed by atoms with Gasteiger partial charge in [-0.1, -0.05) is 13.8 Å². The molecule has 0 unspecified atom stereocenters. The zero-order chi connectivity index (χ0) is 8.27. The summed E-state index contributed by atoms with van der Waals surface area (Å²) in [7, 11) is 0. The highest BCUT2D eigenvalue weighted by atomic mass is 15.0. The highest BCUT2D eigenvalue weighted by Crippen LogP contribution is 2.00. The lowest BCUT2D eigenvalue weighted by Gasteiger charge is -2.02. The van der Waals surface area contributed by atoms with Crippen molar-refractivity contribution < 1.29 is 1.37 Å². The van der Waals surface area contributed by atoms with Crippen molar-refractivity contribution in [1.82, 2.24) is 9.55 Å². The quantitative estimate of drug-likeness (QED) is 0.625. The average molecular weight is 139 g/mol. The largest absolute Gasteiger partial charge is 0.335 e. The van der Waals surface area contributed by atoms with Crippen LogP contribution in [0, 0.1) is 0 Å². The van der Waals surface area contributed by atoms with E-state index in [2.05, 4.69) is 18.8 Å². The molecule has 0 aliphatic rings. The van der Waals surface area contributed by atoms with Crippen molar-refractivity contribution in [2.45, 2.75) is 33.2 Å². The number of aromatic nitrogens is 2. The predicted octanol–water partition coefficient (Wildman–Crippen LogP) is 1.86. The number of hydrogen-bond donors (Lipinski definition) is 0. The summed E-state index contributed by atoms with van der Waals surface area (Å²) in [5, 5.41) is 0. The second-order valence-corrected chi connectivity index (χ2v) is 2.35. The standard InChI is InChI=1S/C8H14N2/c1-3-5-10-7-9-6-8(10)4-2/h6-7H,3-5H2,1-2H3/i7D. The maximum Gasteiger partial charge on any atom is 0.104 e. The number of aryl methyl sites for hydroxylation is 1. The molecule has 0 N–H and O–H groups in total. The number of imidazole rings is 1. The highest BCUT2D eigenvalue weighted by Gasteiger charge is 1.95. The zero-order valence-electron chi connectivity index (χ0n) is 7.59. The topological polar surface area (TPSA) is 17.8 Å². The van der Waals surface area contributed by atoms with Crippen molar-refractivity contribution in [2.75, 3.05) is 0 Å². The van der Waals surface area contributed by atoms with Gasteiger partial charge in [0.15, 0.2) is 0 Å². The molecule has 1 heterocycles. The van der Waals surface area contributed by atoms with Crippen LogP contribution in [-0.4, -0.2) is 9.55 Å².